The fourth-order valence-electron chi connectivity index (χ4n) is 2.44. The first-order valence-corrected chi connectivity index (χ1v) is 5.44. The van der Waals surface area contributed by atoms with E-state index in [0.29, 0.717) is 0 Å². The molecule has 0 amide bonds. The second kappa shape index (κ2) is 3.39. The Bertz CT molecular complexity index is 454. The van der Waals surface area contributed by atoms with Gasteiger partial charge >= 0.3 is 5.97 Å². The van der Waals surface area contributed by atoms with E-state index < -0.39 is 5.97 Å². The van der Waals surface area contributed by atoms with Gasteiger partial charge < -0.3 is 10.2 Å². The molecule has 2 unspecified atom stereocenters. The Balaban J connectivity index is 2.33. The molecule has 0 radical (unpaired) electrons. The van der Waals surface area contributed by atoms with Crippen LogP contribution in [0.1, 0.15) is 25.3 Å². The van der Waals surface area contributed by atoms with Crippen molar-refractivity contribution in [2.45, 2.75) is 19.8 Å². The number of hydrogen-bond donors (Lipinski definition) is 2. The molecule has 1 fully saturated rings. The minimum atomic E-state index is -0.779. The normalized spacial score (nSPS) is 26.4. The maximum absolute atomic E-state index is 11.0. The number of carboxylic acids is 1. The lowest BCUT2D eigenvalue weighted by Gasteiger charge is -2.04. The highest BCUT2D eigenvalue weighted by Crippen LogP contribution is 2.64. The van der Waals surface area contributed by atoms with Gasteiger partial charge in [-0.3, -0.25) is 4.79 Å². The SMILES string of the molecule is CC1(C)C(C(=O)O)C1c1ccc(O)c(Cl)c1. The summed E-state index contributed by atoms with van der Waals surface area (Å²) in [7, 11) is 0. The summed E-state index contributed by atoms with van der Waals surface area (Å²) in [5, 5.41) is 18.6. The van der Waals surface area contributed by atoms with Gasteiger partial charge in [-0.1, -0.05) is 31.5 Å². The van der Waals surface area contributed by atoms with Crippen LogP contribution in [0.25, 0.3) is 0 Å². The van der Waals surface area contributed by atoms with Gasteiger partial charge in [-0.25, -0.2) is 0 Å². The third-order valence-corrected chi connectivity index (χ3v) is 3.73. The molecule has 16 heavy (non-hydrogen) atoms. The molecular formula is C12H13ClO3. The summed E-state index contributed by atoms with van der Waals surface area (Å²) in [6.07, 6.45) is 0. The van der Waals surface area contributed by atoms with Crippen molar-refractivity contribution < 1.29 is 15.0 Å². The highest BCUT2D eigenvalue weighted by molar-refractivity contribution is 6.32. The second-order valence-electron chi connectivity index (χ2n) is 4.83. The van der Waals surface area contributed by atoms with Gasteiger partial charge in [-0.05, 0) is 23.1 Å². The van der Waals surface area contributed by atoms with E-state index >= 15 is 0 Å². The van der Waals surface area contributed by atoms with Crippen LogP contribution in [0.15, 0.2) is 18.2 Å². The Labute approximate surface area is 98.7 Å². The Morgan fingerprint density at radius 3 is 2.50 bits per heavy atom. The first kappa shape index (κ1) is 11.3. The van der Waals surface area contributed by atoms with E-state index in [4.69, 9.17) is 16.7 Å². The number of phenols is 1. The highest BCUT2D eigenvalue weighted by Gasteiger charge is 2.62. The molecule has 1 aliphatic carbocycles. The van der Waals surface area contributed by atoms with Crippen LogP contribution < -0.4 is 0 Å². The molecule has 3 nitrogen and oxygen atoms in total. The number of phenolic OH excluding ortho intramolecular Hbond substituents is 1. The molecule has 0 bridgehead atoms. The van der Waals surface area contributed by atoms with Crippen LogP contribution in [0.3, 0.4) is 0 Å². The molecule has 0 aliphatic heterocycles. The minimum Gasteiger partial charge on any atom is -0.506 e. The van der Waals surface area contributed by atoms with Crippen LogP contribution in [0.4, 0.5) is 0 Å². The zero-order valence-electron chi connectivity index (χ0n) is 9.07. The van der Waals surface area contributed by atoms with Gasteiger partial charge in [-0.2, -0.15) is 0 Å². The van der Waals surface area contributed by atoms with Crippen LogP contribution in [-0.4, -0.2) is 16.2 Å². The summed E-state index contributed by atoms with van der Waals surface area (Å²) in [5.74, 6) is -1.15. The molecule has 2 atom stereocenters. The lowest BCUT2D eigenvalue weighted by Crippen LogP contribution is -2.03. The molecule has 1 saturated carbocycles. The number of rotatable bonds is 2. The first-order valence-electron chi connectivity index (χ1n) is 5.07. The monoisotopic (exact) mass is 240 g/mol. The van der Waals surface area contributed by atoms with Gasteiger partial charge in [0.25, 0.3) is 0 Å². The van der Waals surface area contributed by atoms with Gasteiger partial charge in [0, 0.05) is 5.92 Å². The molecule has 1 aromatic rings. The number of carboxylic acid groups (broad SMARTS) is 1. The molecule has 4 heteroatoms. The smallest absolute Gasteiger partial charge is 0.307 e. The molecule has 1 aliphatic rings. The maximum atomic E-state index is 11.0. The van der Waals surface area contributed by atoms with E-state index in [9.17, 15) is 9.90 Å². The first-order chi connectivity index (χ1) is 7.35. The van der Waals surface area contributed by atoms with Gasteiger partial charge in [0.2, 0.25) is 0 Å². The van der Waals surface area contributed by atoms with Crippen LogP contribution >= 0.6 is 11.6 Å². The Morgan fingerprint density at radius 1 is 1.44 bits per heavy atom. The van der Waals surface area contributed by atoms with Crippen molar-refractivity contribution in [3.63, 3.8) is 0 Å². The van der Waals surface area contributed by atoms with Crippen molar-refractivity contribution in [3.05, 3.63) is 28.8 Å². The third-order valence-electron chi connectivity index (χ3n) is 3.42. The fourth-order valence-corrected chi connectivity index (χ4v) is 2.63. The lowest BCUT2D eigenvalue weighted by molar-refractivity contribution is -0.139. The average Bonchev–Trinajstić information content (AvgIpc) is 2.74. The summed E-state index contributed by atoms with van der Waals surface area (Å²) >= 11 is 5.81. The zero-order chi connectivity index (χ0) is 12.1. The number of benzene rings is 1. The van der Waals surface area contributed by atoms with E-state index in [0.717, 1.165) is 5.56 Å². The molecule has 0 heterocycles. The van der Waals surface area contributed by atoms with Gasteiger partial charge in [0.1, 0.15) is 5.75 Å². The summed E-state index contributed by atoms with van der Waals surface area (Å²) in [4.78, 5) is 11.0. The van der Waals surface area contributed by atoms with Crippen LogP contribution in [0, 0.1) is 11.3 Å². The van der Waals surface area contributed by atoms with Crippen molar-refractivity contribution >= 4 is 17.6 Å². The third kappa shape index (κ3) is 1.55. The Kier molecular flexibility index (Phi) is 2.39. The quantitative estimate of drug-likeness (QED) is 0.836. The highest BCUT2D eigenvalue weighted by atomic mass is 35.5. The van der Waals surface area contributed by atoms with E-state index in [-0.39, 0.29) is 28.0 Å². The largest absolute Gasteiger partial charge is 0.506 e. The summed E-state index contributed by atoms with van der Waals surface area (Å²) < 4.78 is 0. The number of hydrogen-bond acceptors (Lipinski definition) is 2. The topological polar surface area (TPSA) is 57.5 Å². The molecule has 86 valence electrons. The van der Waals surface area contributed by atoms with Gasteiger partial charge in [-0.15, -0.1) is 0 Å². The fraction of sp³-hybridized carbons (Fsp3) is 0.417. The molecule has 1 aromatic carbocycles. The van der Waals surface area contributed by atoms with Crippen molar-refractivity contribution in [2.24, 2.45) is 11.3 Å². The van der Waals surface area contributed by atoms with Gasteiger partial charge in [0.05, 0.1) is 10.9 Å². The summed E-state index contributed by atoms with van der Waals surface area (Å²) in [6, 6.07) is 4.88. The summed E-state index contributed by atoms with van der Waals surface area (Å²) in [5.41, 5.74) is 0.631. The number of aliphatic carboxylic acids is 1. The van der Waals surface area contributed by atoms with Crippen LogP contribution in [-0.2, 0) is 4.79 Å². The van der Waals surface area contributed by atoms with Gasteiger partial charge in [0.15, 0.2) is 0 Å². The predicted octanol–water partition coefficient (Wildman–Crippen LogP) is 2.87. The summed E-state index contributed by atoms with van der Waals surface area (Å²) in [6.45, 7) is 3.86. The van der Waals surface area contributed by atoms with Crippen LogP contribution in [0.5, 0.6) is 5.75 Å². The number of carbonyl (C=O) groups is 1. The Morgan fingerprint density at radius 2 is 2.06 bits per heavy atom. The molecule has 0 aromatic heterocycles. The lowest BCUT2D eigenvalue weighted by atomic mass is 10.0. The zero-order valence-corrected chi connectivity index (χ0v) is 9.82. The van der Waals surface area contributed by atoms with Crippen molar-refractivity contribution in [3.8, 4) is 5.75 Å². The Hall–Kier alpha value is -1.22. The maximum Gasteiger partial charge on any atom is 0.307 e. The van der Waals surface area contributed by atoms with Crippen molar-refractivity contribution in [2.75, 3.05) is 0 Å². The molecule has 2 rings (SSSR count). The van der Waals surface area contributed by atoms with Crippen molar-refractivity contribution in [1.82, 2.24) is 0 Å². The van der Waals surface area contributed by atoms with Crippen LogP contribution in [0.2, 0.25) is 5.02 Å². The minimum absolute atomic E-state index is 0.0238. The molecule has 0 spiro atoms. The van der Waals surface area contributed by atoms with E-state index in [1.165, 1.54) is 6.07 Å². The van der Waals surface area contributed by atoms with Crippen molar-refractivity contribution in [1.29, 1.82) is 0 Å². The van der Waals surface area contributed by atoms with E-state index in [1.807, 2.05) is 13.8 Å². The van der Waals surface area contributed by atoms with E-state index in [2.05, 4.69) is 0 Å². The molecular weight excluding hydrogens is 228 g/mol. The van der Waals surface area contributed by atoms with E-state index in [1.54, 1.807) is 12.1 Å². The average molecular weight is 241 g/mol. The molecule has 0 saturated heterocycles. The standard InChI is InChI=1S/C12H13ClO3/c1-12(2)9(10(12)11(15)16)6-3-4-8(14)7(13)5-6/h3-5,9-10,14H,1-2H3,(H,15,16). The second-order valence-corrected chi connectivity index (χ2v) is 5.23. The molecule has 2 N–H and O–H groups in total. The number of aromatic hydroxyl groups is 1. The predicted molar refractivity (Wildman–Crippen MR) is 60.8 cm³/mol. The number of halogens is 1.